The molecule has 92 valence electrons. The summed E-state index contributed by atoms with van der Waals surface area (Å²) in [5.74, 6) is -0.587. The first kappa shape index (κ1) is 13.7. The van der Waals surface area contributed by atoms with Crippen LogP contribution in [-0.4, -0.2) is 18.9 Å². The molecule has 1 aromatic carbocycles. The third kappa shape index (κ3) is 3.56. The van der Waals surface area contributed by atoms with E-state index in [0.29, 0.717) is 17.0 Å². The van der Waals surface area contributed by atoms with E-state index in [1.54, 1.807) is 12.1 Å². The highest BCUT2D eigenvalue weighted by Gasteiger charge is 2.17. The van der Waals surface area contributed by atoms with E-state index in [1.165, 1.54) is 13.2 Å². The summed E-state index contributed by atoms with van der Waals surface area (Å²) in [5.41, 5.74) is 0.621. The molecule has 0 unspecified atom stereocenters. The van der Waals surface area contributed by atoms with Gasteiger partial charge in [0, 0.05) is 17.0 Å². The first-order valence-electron chi connectivity index (χ1n) is 5.51. The number of esters is 1. The SMILES string of the molecule is CCCCC(=O)c1ccc(Cl)cc1C(=O)OC. The lowest BCUT2D eigenvalue weighted by atomic mass is 10.00. The number of carbonyl (C=O) groups is 2. The smallest absolute Gasteiger partial charge is 0.338 e. The maximum Gasteiger partial charge on any atom is 0.338 e. The van der Waals surface area contributed by atoms with Gasteiger partial charge in [0.1, 0.15) is 0 Å². The van der Waals surface area contributed by atoms with Gasteiger partial charge in [-0.2, -0.15) is 0 Å². The molecule has 0 N–H and O–H groups in total. The summed E-state index contributed by atoms with van der Waals surface area (Å²) in [7, 11) is 1.28. The number of ketones is 1. The van der Waals surface area contributed by atoms with Crippen molar-refractivity contribution < 1.29 is 14.3 Å². The van der Waals surface area contributed by atoms with Gasteiger partial charge in [-0.15, -0.1) is 0 Å². The van der Waals surface area contributed by atoms with Gasteiger partial charge in [-0.3, -0.25) is 4.79 Å². The van der Waals surface area contributed by atoms with Crippen molar-refractivity contribution in [2.24, 2.45) is 0 Å². The normalized spacial score (nSPS) is 10.1. The van der Waals surface area contributed by atoms with Crippen LogP contribution in [0.5, 0.6) is 0 Å². The fraction of sp³-hybridized carbons (Fsp3) is 0.385. The molecule has 1 aromatic rings. The summed E-state index contributed by atoms with van der Waals surface area (Å²) in [6, 6.07) is 4.65. The van der Waals surface area contributed by atoms with E-state index in [1.807, 2.05) is 6.92 Å². The Bertz CT molecular complexity index is 427. The van der Waals surface area contributed by atoms with Crippen molar-refractivity contribution in [3.05, 3.63) is 34.3 Å². The fourth-order valence-corrected chi connectivity index (χ4v) is 1.68. The van der Waals surface area contributed by atoms with Crippen LogP contribution in [0.15, 0.2) is 18.2 Å². The first-order valence-corrected chi connectivity index (χ1v) is 5.89. The van der Waals surface area contributed by atoms with Crippen LogP contribution < -0.4 is 0 Å². The van der Waals surface area contributed by atoms with Crippen LogP contribution in [0.3, 0.4) is 0 Å². The molecule has 3 nitrogen and oxygen atoms in total. The Kier molecular flexibility index (Phi) is 5.16. The fourth-order valence-electron chi connectivity index (χ4n) is 1.51. The zero-order valence-electron chi connectivity index (χ0n) is 9.96. The van der Waals surface area contributed by atoms with Gasteiger partial charge in [-0.25, -0.2) is 4.79 Å². The Balaban J connectivity index is 3.05. The molecule has 0 aliphatic carbocycles. The molecule has 0 aliphatic heterocycles. The predicted molar refractivity (Wildman–Crippen MR) is 66.6 cm³/mol. The zero-order valence-corrected chi connectivity index (χ0v) is 10.7. The maximum absolute atomic E-state index is 11.9. The molecular formula is C13H15ClO3. The molecule has 0 saturated heterocycles. The van der Waals surface area contributed by atoms with Crippen LogP contribution in [0.4, 0.5) is 0 Å². The molecule has 0 aliphatic rings. The Hall–Kier alpha value is -1.35. The minimum atomic E-state index is -0.535. The second kappa shape index (κ2) is 6.40. The summed E-state index contributed by atoms with van der Waals surface area (Å²) in [6.07, 6.45) is 2.18. The summed E-state index contributed by atoms with van der Waals surface area (Å²) in [6.45, 7) is 2.01. The van der Waals surface area contributed by atoms with Gasteiger partial charge in [0.05, 0.1) is 12.7 Å². The van der Waals surface area contributed by atoms with Crippen molar-refractivity contribution in [3.63, 3.8) is 0 Å². The molecule has 1 rings (SSSR count). The Morgan fingerprint density at radius 1 is 1.29 bits per heavy atom. The lowest BCUT2D eigenvalue weighted by Gasteiger charge is -2.07. The Morgan fingerprint density at radius 3 is 2.59 bits per heavy atom. The lowest BCUT2D eigenvalue weighted by molar-refractivity contribution is 0.0597. The van der Waals surface area contributed by atoms with Gasteiger partial charge in [0.15, 0.2) is 5.78 Å². The summed E-state index contributed by atoms with van der Waals surface area (Å²) in [4.78, 5) is 23.4. The van der Waals surface area contributed by atoms with Crippen molar-refractivity contribution in [2.75, 3.05) is 7.11 Å². The molecule has 0 spiro atoms. The number of methoxy groups -OCH3 is 1. The number of carbonyl (C=O) groups excluding carboxylic acids is 2. The first-order chi connectivity index (χ1) is 8.10. The highest BCUT2D eigenvalue weighted by atomic mass is 35.5. The van der Waals surface area contributed by atoms with E-state index in [9.17, 15) is 9.59 Å². The maximum atomic E-state index is 11.9. The van der Waals surface area contributed by atoms with Crippen LogP contribution in [0.2, 0.25) is 5.02 Å². The molecule has 4 heteroatoms. The molecule has 0 aromatic heterocycles. The van der Waals surface area contributed by atoms with Crippen LogP contribution in [0.1, 0.15) is 46.9 Å². The highest BCUT2D eigenvalue weighted by Crippen LogP contribution is 2.19. The van der Waals surface area contributed by atoms with Crippen LogP contribution in [0, 0.1) is 0 Å². The second-order valence-electron chi connectivity index (χ2n) is 3.71. The van der Waals surface area contributed by atoms with Gasteiger partial charge in [0.2, 0.25) is 0 Å². The van der Waals surface area contributed by atoms with E-state index in [4.69, 9.17) is 11.6 Å². The number of benzene rings is 1. The summed E-state index contributed by atoms with van der Waals surface area (Å²) < 4.78 is 4.64. The molecular weight excluding hydrogens is 240 g/mol. The molecule has 17 heavy (non-hydrogen) atoms. The topological polar surface area (TPSA) is 43.4 Å². The third-order valence-electron chi connectivity index (χ3n) is 2.44. The molecule has 0 bridgehead atoms. The van der Waals surface area contributed by atoms with Crippen molar-refractivity contribution in [1.82, 2.24) is 0 Å². The number of Topliss-reactive ketones (excluding diaryl/α,β-unsaturated/α-hetero) is 1. The van der Waals surface area contributed by atoms with E-state index >= 15 is 0 Å². The predicted octanol–water partition coefficient (Wildman–Crippen LogP) is 3.50. The lowest BCUT2D eigenvalue weighted by Crippen LogP contribution is -2.10. The minimum absolute atomic E-state index is 0.0519. The number of halogens is 1. The van der Waals surface area contributed by atoms with Crippen LogP contribution >= 0.6 is 11.6 Å². The zero-order chi connectivity index (χ0) is 12.8. The van der Waals surface area contributed by atoms with Crippen molar-refractivity contribution in [3.8, 4) is 0 Å². The minimum Gasteiger partial charge on any atom is -0.465 e. The second-order valence-corrected chi connectivity index (χ2v) is 4.14. The molecule has 0 radical (unpaired) electrons. The van der Waals surface area contributed by atoms with E-state index in [2.05, 4.69) is 4.74 Å². The van der Waals surface area contributed by atoms with E-state index in [-0.39, 0.29) is 11.3 Å². The molecule has 0 atom stereocenters. The van der Waals surface area contributed by atoms with Crippen LogP contribution in [-0.2, 0) is 4.74 Å². The number of hydrogen-bond acceptors (Lipinski definition) is 3. The average molecular weight is 255 g/mol. The monoisotopic (exact) mass is 254 g/mol. The van der Waals surface area contributed by atoms with Crippen LogP contribution in [0.25, 0.3) is 0 Å². The largest absolute Gasteiger partial charge is 0.465 e. The van der Waals surface area contributed by atoms with Crippen molar-refractivity contribution in [1.29, 1.82) is 0 Å². The Morgan fingerprint density at radius 2 is 2.00 bits per heavy atom. The van der Waals surface area contributed by atoms with Gasteiger partial charge >= 0.3 is 5.97 Å². The highest BCUT2D eigenvalue weighted by molar-refractivity contribution is 6.31. The molecule has 0 saturated carbocycles. The molecule has 0 fully saturated rings. The van der Waals surface area contributed by atoms with Crippen molar-refractivity contribution >= 4 is 23.4 Å². The van der Waals surface area contributed by atoms with Gasteiger partial charge in [-0.1, -0.05) is 24.9 Å². The van der Waals surface area contributed by atoms with E-state index in [0.717, 1.165) is 12.8 Å². The number of hydrogen-bond donors (Lipinski definition) is 0. The summed E-state index contributed by atoms with van der Waals surface area (Å²) >= 11 is 5.81. The molecule has 0 amide bonds. The van der Waals surface area contributed by atoms with Crippen molar-refractivity contribution in [2.45, 2.75) is 26.2 Å². The Labute approximate surface area is 106 Å². The van der Waals surface area contributed by atoms with Gasteiger partial charge in [-0.05, 0) is 24.6 Å². The number of ether oxygens (including phenoxy) is 1. The van der Waals surface area contributed by atoms with Gasteiger partial charge < -0.3 is 4.74 Å². The number of unbranched alkanes of at least 4 members (excludes halogenated alkanes) is 1. The average Bonchev–Trinajstić information content (AvgIpc) is 2.34. The standard InChI is InChI=1S/C13H15ClO3/c1-3-4-5-12(15)10-7-6-9(14)8-11(10)13(16)17-2/h6-8H,3-5H2,1-2H3. The van der Waals surface area contributed by atoms with Gasteiger partial charge in [0.25, 0.3) is 0 Å². The molecule has 0 heterocycles. The summed E-state index contributed by atoms with van der Waals surface area (Å²) in [5, 5.41) is 0.414. The quantitative estimate of drug-likeness (QED) is 0.597. The third-order valence-corrected chi connectivity index (χ3v) is 2.68. The number of rotatable bonds is 5. The van der Waals surface area contributed by atoms with E-state index < -0.39 is 5.97 Å².